The fraction of sp³-hybridized carbons (Fsp3) is 0.450. The van der Waals surface area contributed by atoms with Crippen molar-refractivity contribution in [3.8, 4) is 0 Å². The zero-order valence-electron chi connectivity index (χ0n) is 15.1. The highest BCUT2D eigenvalue weighted by Gasteiger charge is 2.26. The molecule has 3 N–H and O–H groups in total. The van der Waals surface area contributed by atoms with E-state index in [0.29, 0.717) is 18.5 Å². The summed E-state index contributed by atoms with van der Waals surface area (Å²) in [4.78, 5) is 10.1. The summed E-state index contributed by atoms with van der Waals surface area (Å²) >= 11 is 3.66. The van der Waals surface area contributed by atoms with Crippen LogP contribution in [-0.2, 0) is 13.0 Å². The Labute approximate surface area is 163 Å². The Hall–Kier alpha value is -1.50. The summed E-state index contributed by atoms with van der Waals surface area (Å²) in [5, 5.41) is 5.52. The predicted molar refractivity (Wildman–Crippen MR) is 112 cm³/mol. The largest absolute Gasteiger partial charge is 0.370 e. The maximum absolute atomic E-state index is 6.09. The van der Waals surface area contributed by atoms with Crippen molar-refractivity contribution in [3.63, 3.8) is 0 Å². The summed E-state index contributed by atoms with van der Waals surface area (Å²) < 4.78 is 0. The summed E-state index contributed by atoms with van der Waals surface area (Å²) in [6, 6.07) is 12.0. The average Bonchev–Trinajstić information content (AvgIpc) is 3.35. The lowest BCUT2D eigenvalue weighted by molar-refractivity contribution is 0.185. The molecule has 1 aliphatic carbocycles. The second-order valence-corrected chi connectivity index (χ2v) is 8.90. The summed E-state index contributed by atoms with van der Waals surface area (Å²) in [5.74, 6) is 0.589. The lowest BCUT2D eigenvalue weighted by Crippen LogP contribution is -2.37. The van der Waals surface area contributed by atoms with E-state index in [1.807, 2.05) is 11.3 Å². The van der Waals surface area contributed by atoms with E-state index in [0.717, 1.165) is 19.5 Å². The predicted octanol–water partition coefficient (Wildman–Crippen LogP) is 3.64. The number of nitrogens with two attached hydrogens (primary N) is 1. The standard InChI is InChI=1S/C20H26N4S2/c1-25-17-6-2-14(3-7-17)18(12-22-20(21)23-16-4-5-16)24-10-8-19-15(13-24)9-11-26-19/h2-3,6-7,9,11,16,18H,4-5,8,10,12-13H2,1H3,(H3,21,22,23). The molecule has 0 amide bonds. The Morgan fingerprint density at radius 3 is 2.88 bits per heavy atom. The molecule has 2 heterocycles. The van der Waals surface area contributed by atoms with Crippen molar-refractivity contribution in [3.05, 3.63) is 51.7 Å². The number of fused-ring (bicyclic) bond motifs is 1. The van der Waals surface area contributed by atoms with Gasteiger partial charge in [0.2, 0.25) is 0 Å². The molecule has 1 aliphatic heterocycles. The molecular weight excluding hydrogens is 360 g/mol. The Morgan fingerprint density at radius 2 is 2.15 bits per heavy atom. The van der Waals surface area contributed by atoms with Gasteiger partial charge in [0.1, 0.15) is 0 Å². The third-order valence-corrected chi connectivity index (χ3v) is 6.91. The van der Waals surface area contributed by atoms with Crippen LogP contribution in [0.3, 0.4) is 0 Å². The lowest BCUT2D eigenvalue weighted by Gasteiger charge is -2.34. The third kappa shape index (κ3) is 4.24. The Morgan fingerprint density at radius 1 is 1.35 bits per heavy atom. The maximum Gasteiger partial charge on any atom is 0.188 e. The molecule has 26 heavy (non-hydrogen) atoms. The number of hydrogen-bond donors (Lipinski definition) is 2. The number of nitrogens with zero attached hydrogens (tertiary/aromatic N) is 2. The number of guanidine groups is 1. The molecule has 1 saturated carbocycles. The van der Waals surface area contributed by atoms with Crippen LogP contribution in [0.2, 0.25) is 0 Å². The van der Waals surface area contributed by atoms with E-state index in [1.54, 1.807) is 11.8 Å². The minimum atomic E-state index is 0.263. The number of benzene rings is 1. The molecule has 0 bridgehead atoms. The van der Waals surface area contributed by atoms with E-state index < -0.39 is 0 Å². The quantitative estimate of drug-likeness (QED) is 0.452. The normalized spacial score (nSPS) is 19.2. The highest BCUT2D eigenvalue weighted by molar-refractivity contribution is 7.98. The van der Waals surface area contributed by atoms with Crippen molar-refractivity contribution in [1.29, 1.82) is 0 Å². The second kappa shape index (κ2) is 8.03. The van der Waals surface area contributed by atoms with Crippen LogP contribution >= 0.6 is 23.1 Å². The monoisotopic (exact) mass is 386 g/mol. The highest BCUT2D eigenvalue weighted by Crippen LogP contribution is 2.31. The average molecular weight is 387 g/mol. The molecule has 4 nitrogen and oxygen atoms in total. The smallest absolute Gasteiger partial charge is 0.188 e. The number of hydrogen-bond acceptors (Lipinski definition) is 4. The van der Waals surface area contributed by atoms with Gasteiger partial charge >= 0.3 is 0 Å². The van der Waals surface area contributed by atoms with E-state index in [-0.39, 0.29) is 6.04 Å². The van der Waals surface area contributed by atoms with Gasteiger partial charge in [-0.25, -0.2) is 0 Å². The molecule has 0 spiro atoms. The van der Waals surface area contributed by atoms with Gasteiger partial charge in [-0.15, -0.1) is 23.1 Å². The number of rotatable bonds is 6. The lowest BCUT2D eigenvalue weighted by atomic mass is 10.0. The molecule has 1 atom stereocenters. The molecule has 1 fully saturated rings. The fourth-order valence-corrected chi connectivity index (χ4v) is 4.76. The summed E-state index contributed by atoms with van der Waals surface area (Å²) in [6.07, 6.45) is 5.67. The minimum Gasteiger partial charge on any atom is -0.370 e. The molecule has 0 radical (unpaired) electrons. The molecular formula is C20H26N4S2. The van der Waals surface area contributed by atoms with Crippen LogP contribution in [0, 0.1) is 0 Å². The number of nitrogens with one attached hydrogen (secondary N) is 1. The van der Waals surface area contributed by atoms with E-state index >= 15 is 0 Å². The van der Waals surface area contributed by atoms with Crippen molar-refractivity contribution in [1.82, 2.24) is 10.2 Å². The van der Waals surface area contributed by atoms with Gasteiger partial charge < -0.3 is 11.1 Å². The topological polar surface area (TPSA) is 53.6 Å². The molecule has 6 heteroatoms. The number of thioether (sulfide) groups is 1. The van der Waals surface area contributed by atoms with Gasteiger partial charge in [-0.05, 0) is 60.2 Å². The van der Waals surface area contributed by atoms with Gasteiger partial charge in [0.25, 0.3) is 0 Å². The van der Waals surface area contributed by atoms with Crippen LogP contribution in [0.25, 0.3) is 0 Å². The Bertz CT molecular complexity index is 764. The van der Waals surface area contributed by atoms with E-state index in [2.05, 4.69) is 57.2 Å². The molecule has 2 aromatic rings. The Balaban J connectivity index is 1.53. The Kier molecular flexibility index (Phi) is 5.52. The van der Waals surface area contributed by atoms with Gasteiger partial charge in [0, 0.05) is 28.9 Å². The molecule has 1 unspecified atom stereocenters. The van der Waals surface area contributed by atoms with Gasteiger partial charge in [0.05, 0.1) is 12.6 Å². The van der Waals surface area contributed by atoms with Crippen LogP contribution in [0.4, 0.5) is 0 Å². The van der Waals surface area contributed by atoms with Crippen molar-refractivity contribution in [2.24, 2.45) is 10.7 Å². The van der Waals surface area contributed by atoms with Crippen LogP contribution in [0.15, 0.2) is 45.6 Å². The van der Waals surface area contributed by atoms with Gasteiger partial charge in [-0.1, -0.05) is 12.1 Å². The fourth-order valence-electron chi connectivity index (χ4n) is 3.46. The first-order valence-corrected chi connectivity index (χ1v) is 11.3. The zero-order valence-corrected chi connectivity index (χ0v) is 16.8. The summed E-state index contributed by atoms with van der Waals surface area (Å²) in [7, 11) is 0. The molecule has 2 aliphatic rings. The van der Waals surface area contributed by atoms with Gasteiger partial charge in [-0.2, -0.15) is 0 Å². The summed E-state index contributed by atoms with van der Waals surface area (Å²) in [5.41, 5.74) is 8.89. The van der Waals surface area contributed by atoms with Crippen LogP contribution < -0.4 is 11.1 Å². The van der Waals surface area contributed by atoms with Gasteiger partial charge in [-0.3, -0.25) is 9.89 Å². The molecule has 4 rings (SSSR count). The van der Waals surface area contributed by atoms with E-state index in [1.165, 1.54) is 33.7 Å². The number of aliphatic imine (C=N–C) groups is 1. The van der Waals surface area contributed by atoms with E-state index in [9.17, 15) is 0 Å². The SMILES string of the molecule is CSc1ccc(C(CN=C(N)NC2CC2)N2CCc3sccc3C2)cc1. The molecule has 0 saturated heterocycles. The van der Waals surface area contributed by atoms with E-state index in [4.69, 9.17) is 5.73 Å². The zero-order chi connectivity index (χ0) is 17.9. The summed E-state index contributed by atoms with van der Waals surface area (Å²) in [6.45, 7) is 2.77. The highest BCUT2D eigenvalue weighted by atomic mass is 32.2. The van der Waals surface area contributed by atoms with Crippen molar-refractivity contribution >= 4 is 29.1 Å². The first-order chi connectivity index (χ1) is 12.7. The molecule has 138 valence electrons. The van der Waals surface area contributed by atoms with Crippen LogP contribution in [-0.4, -0.2) is 36.2 Å². The van der Waals surface area contributed by atoms with Crippen molar-refractivity contribution < 1.29 is 0 Å². The van der Waals surface area contributed by atoms with Crippen molar-refractivity contribution in [2.45, 2.75) is 42.8 Å². The maximum atomic E-state index is 6.09. The van der Waals surface area contributed by atoms with Crippen LogP contribution in [0.5, 0.6) is 0 Å². The first kappa shape index (κ1) is 17.9. The molecule has 1 aromatic carbocycles. The number of thiophene rings is 1. The van der Waals surface area contributed by atoms with Crippen molar-refractivity contribution in [2.75, 3.05) is 19.3 Å². The van der Waals surface area contributed by atoms with Gasteiger partial charge in [0.15, 0.2) is 5.96 Å². The first-order valence-electron chi connectivity index (χ1n) is 9.22. The second-order valence-electron chi connectivity index (χ2n) is 7.02. The molecule has 1 aromatic heterocycles. The van der Waals surface area contributed by atoms with Crippen LogP contribution in [0.1, 0.15) is 34.9 Å². The third-order valence-electron chi connectivity index (χ3n) is 5.14. The minimum absolute atomic E-state index is 0.263.